The number of hydrogen-bond donors (Lipinski definition) is 2. The summed E-state index contributed by atoms with van der Waals surface area (Å²) in [6, 6.07) is 0. The highest BCUT2D eigenvalue weighted by atomic mass is 16.4. The SMILES string of the molecule is C=C/C(=C\C(=C/C)CC)B(O)O. The fourth-order valence-electron chi connectivity index (χ4n) is 0.842. The zero-order valence-electron chi connectivity index (χ0n) is 7.62. The Morgan fingerprint density at radius 2 is 2.08 bits per heavy atom. The Hall–Kier alpha value is -0.795. The van der Waals surface area contributed by atoms with Gasteiger partial charge in [0.1, 0.15) is 0 Å². The van der Waals surface area contributed by atoms with Crippen molar-refractivity contribution in [3.63, 3.8) is 0 Å². The van der Waals surface area contributed by atoms with Crippen LogP contribution < -0.4 is 0 Å². The molecular weight excluding hydrogens is 151 g/mol. The molecule has 0 aromatic heterocycles. The van der Waals surface area contributed by atoms with E-state index in [0.717, 1.165) is 12.0 Å². The van der Waals surface area contributed by atoms with Gasteiger partial charge in [-0.25, -0.2) is 0 Å². The molecule has 0 aromatic rings. The van der Waals surface area contributed by atoms with Crippen LogP contribution in [0.3, 0.4) is 0 Å². The van der Waals surface area contributed by atoms with Crippen LogP contribution >= 0.6 is 0 Å². The third-order valence-corrected chi connectivity index (χ3v) is 1.66. The summed E-state index contributed by atoms with van der Waals surface area (Å²) in [5.41, 5.74) is 1.50. The minimum atomic E-state index is -1.43. The van der Waals surface area contributed by atoms with Gasteiger partial charge in [0.2, 0.25) is 0 Å². The summed E-state index contributed by atoms with van der Waals surface area (Å²) < 4.78 is 0. The Morgan fingerprint density at radius 1 is 1.50 bits per heavy atom. The molecule has 0 aliphatic heterocycles. The predicted octanol–water partition coefficient (Wildman–Crippen LogP) is 1.47. The second kappa shape index (κ2) is 5.80. The largest absolute Gasteiger partial charge is 0.488 e. The Kier molecular flexibility index (Phi) is 5.42. The monoisotopic (exact) mass is 166 g/mol. The minimum absolute atomic E-state index is 0.435. The molecule has 0 rings (SSSR count). The average molecular weight is 166 g/mol. The molecule has 0 spiro atoms. The average Bonchev–Trinajstić information content (AvgIpc) is 2.06. The van der Waals surface area contributed by atoms with Crippen molar-refractivity contribution in [3.05, 3.63) is 35.9 Å². The van der Waals surface area contributed by atoms with Crippen molar-refractivity contribution in [2.24, 2.45) is 0 Å². The van der Waals surface area contributed by atoms with Gasteiger partial charge in [-0.1, -0.05) is 37.3 Å². The van der Waals surface area contributed by atoms with E-state index < -0.39 is 7.12 Å². The minimum Gasteiger partial charge on any atom is -0.423 e. The molecule has 0 saturated carbocycles. The second-order valence-electron chi connectivity index (χ2n) is 2.44. The summed E-state index contributed by atoms with van der Waals surface area (Å²) in [5, 5.41) is 17.7. The Labute approximate surface area is 74.1 Å². The summed E-state index contributed by atoms with van der Waals surface area (Å²) in [7, 11) is -1.43. The molecule has 0 fully saturated rings. The van der Waals surface area contributed by atoms with Gasteiger partial charge in [0.25, 0.3) is 0 Å². The number of rotatable bonds is 4. The van der Waals surface area contributed by atoms with E-state index in [1.54, 1.807) is 6.08 Å². The molecular formula is C9H15BO2. The molecule has 3 heteroatoms. The zero-order valence-corrected chi connectivity index (χ0v) is 7.62. The third-order valence-electron chi connectivity index (χ3n) is 1.66. The van der Waals surface area contributed by atoms with Crippen LogP contribution in [0.4, 0.5) is 0 Å². The van der Waals surface area contributed by atoms with E-state index in [0.29, 0.717) is 5.47 Å². The summed E-state index contributed by atoms with van der Waals surface area (Å²) >= 11 is 0. The molecule has 0 radical (unpaired) electrons. The van der Waals surface area contributed by atoms with Gasteiger partial charge in [-0.2, -0.15) is 0 Å². The van der Waals surface area contributed by atoms with Crippen LogP contribution in [0, 0.1) is 0 Å². The molecule has 2 nitrogen and oxygen atoms in total. The van der Waals surface area contributed by atoms with Gasteiger partial charge < -0.3 is 10.0 Å². The van der Waals surface area contributed by atoms with Crippen LogP contribution in [0.15, 0.2) is 35.9 Å². The van der Waals surface area contributed by atoms with E-state index in [-0.39, 0.29) is 0 Å². The molecule has 0 saturated heterocycles. The molecule has 0 heterocycles. The lowest BCUT2D eigenvalue weighted by molar-refractivity contribution is 0.420. The Balaban J connectivity index is 4.58. The van der Waals surface area contributed by atoms with Gasteiger partial charge in [-0.15, -0.1) is 0 Å². The zero-order chi connectivity index (χ0) is 9.56. The third kappa shape index (κ3) is 3.55. The Morgan fingerprint density at radius 3 is 2.33 bits per heavy atom. The van der Waals surface area contributed by atoms with Gasteiger partial charge in [-0.05, 0) is 18.8 Å². The molecule has 0 aliphatic rings. The molecule has 0 amide bonds. The standard InChI is InChI=1S/C9H15BO2/c1-4-8(5-2)7-9(6-3)10(11)12/h4,6-7,11-12H,3,5H2,1-2H3/b8-4-,9-7+. The molecule has 0 atom stereocenters. The van der Waals surface area contributed by atoms with Crippen molar-refractivity contribution in [2.75, 3.05) is 0 Å². The molecule has 2 N–H and O–H groups in total. The van der Waals surface area contributed by atoms with Crippen molar-refractivity contribution in [3.8, 4) is 0 Å². The van der Waals surface area contributed by atoms with E-state index in [1.807, 2.05) is 19.9 Å². The molecule has 0 aliphatic carbocycles. The van der Waals surface area contributed by atoms with Gasteiger partial charge in [0.05, 0.1) is 0 Å². The van der Waals surface area contributed by atoms with Crippen LogP contribution in [-0.4, -0.2) is 17.2 Å². The van der Waals surface area contributed by atoms with E-state index in [1.165, 1.54) is 6.08 Å². The van der Waals surface area contributed by atoms with Crippen molar-refractivity contribution >= 4 is 7.12 Å². The number of allylic oxidation sites excluding steroid dienone is 5. The van der Waals surface area contributed by atoms with E-state index in [9.17, 15) is 0 Å². The predicted molar refractivity (Wildman–Crippen MR) is 52.5 cm³/mol. The van der Waals surface area contributed by atoms with Crippen molar-refractivity contribution < 1.29 is 10.0 Å². The van der Waals surface area contributed by atoms with Crippen molar-refractivity contribution in [1.29, 1.82) is 0 Å². The number of hydrogen-bond acceptors (Lipinski definition) is 2. The first-order valence-corrected chi connectivity index (χ1v) is 4.01. The van der Waals surface area contributed by atoms with E-state index in [2.05, 4.69) is 6.58 Å². The fraction of sp³-hybridized carbons (Fsp3) is 0.333. The summed E-state index contributed by atoms with van der Waals surface area (Å²) in [6.07, 6.45) is 5.99. The van der Waals surface area contributed by atoms with Crippen LogP contribution in [0.25, 0.3) is 0 Å². The van der Waals surface area contributed by atoms with Gasteiger partial charge in [0.15, 0.2) is 0 Å². The van der Waals surface area contributed by atoms with Gasteiger partial charge >= 0.3 is 7.12 Å². The summed E-state index contributed by atoms with van der Waals surface area (Å²) in [4.78, 5) is 0. The van der Waals surface area contributed by atoms with Gasteiger partial charge in [-0.3, -0.25) is 0 Å². The molecule has 12 heavy (non-hydrogen) atoms. The quantitative estimate of drug-likeness (QED) is 0.490. The maximum absolute atomic E-state index is 8.84. The van der Waals surface area contributed by atoms with E-state index >= 15 is 0 Å². The molecule has 0 bridgehead atoms. The van der Waals surface area contributed by atoms with Crippen molar-refractivity contribution in [2.45, 2.75) is 20.3 Å². The Bertz CT molecular complexity index is 205. The fourth-order valence-corrected chi connectivity index (χ4v) is 0.842. The highest BCUT2D eigenvalue weighted by Gasteiger charge is 2.10. The lowest BCUT2D eigenvalue weighted by Crippen LogP contribution is -2.13. The summed E-state index contributed by atoms with van der Waals surface area (Å²) in [5.74, 6) is 0. The smallest absolute Gasteiger partial charge is 0.423 e. The lowest BCUT2D eigenvalue weighted by atomic mass is 9.78. The van der Waals surface area contributed by atoms with E-state index in [4.69, 9.17) is 10.0 Å². The maximum atomic E-state index is 8.84. The second-order valence-corrected chi connectivity index (χ2v) is 2.44. The van der Waals surface area contributed by atoms with Crippen molar-refractivity contribution in [1.82, 2.24) is 0 Å². The van der Waals surface area contributed by atoms with Crippen LogP contribution in [0.5, 0.6) is 0 Å². The summed E-state index contributed by atoms with van der Waals surface area (Å²) in [6.45, 7) is 7.42. The van der Waals surface area contributed by atoms with Crippen LogP contribution in [0.2, 0.25) is 0 Å². The maximum Gasteiger partial charge on any atom is 0.488 e. The first-order chi connectivity index (χ1) is 5.65. The normalized spacial score (nSPS) is 13.0. The molecule has 0 aromatic carbocycles. The molecule has 0 unspecified atom stereocenters. The first-order valence-electron chi connectivity index (χ1n) is 4.01. The van der Waals surface area contributed by atoms with Crippen LogP contribution in [0.1, 0.15) is 20.3 Å². The highest BCUT2D eigenvalue weighted by molar-refractivity contribution is 6.51. The van der Waals surface area contributed by atoms with Gasteiger partial charge in [0, 0.05) is 0 Å². The first kappa shape index (κ1) is 11.2. The highest BCUT2D eigenvalue weighted by Crippen LogP contribution is 2.08. The topological polar surface area (TPSA) is 40.5 Å². The van der Waals surface area contributed by atoms with Crippen LogP contribution in [-0.2, 0) is 0 Å². The molecule has 66 valence electrons. The lowest BCUT2D eigenvalue weighted by Gasteiger charge is -2.01.